The monoisotopic (exact) mass is 478 g/mol. The molecular formula is C25H22N2O6S. The zero-order chi connectivity index (χ0) is 24.0. The number of amides is 2. The van der Waals surface area contributed by atoms with Crippen molar-refractivity contribution >= 4 is 33.5 Å². The number of benzene rings is 2. The van der Waals surface area contributed by atoms with Crippen LogP contribution in [-0.4, -0.2) is 36.8 Å². The van der Waals surface area contributed by atoms with E-state index in [-0.39, 0.29) is 17.9 Å². The highest BCUT2D eigenvalue weighted by molar-refractivity contribution is 7.90. The average molecular weight is 479 g/mol. The molecule has 2 aliphatic rings. The molecule has 0 radical (unpaired) electrons. The maximum atomic E-state index is 13.6. The molecular weight excluding hydrogens is 456 g/mol. The number of aromatic nitrogens is 1. The first-order valence-electron chi connectivity index (χ1n) is 11.0. The molecule has 1 aliphatic carbocycles. The molecule has 1 aromatic heterocycles. The summed E-state index contributed by atoms with van der Waals surface area (Å²) in [5.41, 5.74) is 1.17. The van der Waals surface area contributed by atoms with Crippen LogP contribution in [0.15, 0.2) is 77.8 Å². The van der Waals surface area contributed by atoms with Gasteiger partial charge in [0.05, 0.1) is 34.9 Å². The zero-order valence-electron chi connectivity index (χ0n) is 18.3. The number of fused-ring (bicyclic) bond motifs is 3. The molecule has 3 aromatic rings. The average Bonchev–Trinajstić information content (AvgIpc) is 3.39. The highest BCUT2D eigenvalue weighted by atomic mass is 32.2. The van der Waals surface area contributed by atoms with Crippen molar-refractivity contribution in [3.63, 3.8) is 0 Å². The summed E-state index contributed by atoms with van der Waals surface area (Å²) in [4.78, 5) is 41.2. The number of hydrogen-bond donors (Lipinski definition) is 0. The standard InChI is InChI=1S/C25H22N2O6S/c1-2-33-25(30)19-15-20-18(13-14-26(20)34(31,32)17-11-7-4-8-12-17)21-22(19)24(29)27(23(21)28)16-9-5-3-6-10-16/h3-14,19,21-22H,2,15H2,1H3. The van der Waals surface area contributed by atoms with Gasteiger partial charge in [-0.15, -0.1) is 0 Å². The predicted molar refractivity (Wildman–Crippen MR) is 122 cm³/mol. The van der Waals surface area contributed by atoms with Crippen molar-refractivity contribution in [3.8, 4) is 0 Å². The minimum absolute atomic E-state index is 0.0317. The molecule has 0 spiro atoms. The normalized spacial score (nSPS) is 21.8. The van der Waals surface area contributed by atoms with Gasteiger partial charge in [-0.2, -0.15) is 0 Å². The maximum absolute atomic E-state index is 13.6. The Bertz CT molecular complexity index is 1380. The molecule has 5 rings (SSSR count). The highest BCUT2D eigenvalue weighted by Gasteiger charge is 2.58. The second-order valence-corrected chi connectivity index (χ2v) is 10.1. The Morgan fingerprint density at radius 2 is 1.62 bits per heavy atom. The van der Waals surface area contributed by atoms with Gasteiger partial charge >= 0.3 is 5.97 Å². The summed E-state index contributed by atoms with van der Waals surface area (Å²) < 4.78 is 33.1. The molecule has 9 heteroatoms. The van der Waals surface area contributed by atoms with Crippen molar-refractivity contribution in [3.05, 3.63) is 84.2 Å². The molecule has 2 amide bonds. The lowest BCUT2D eigenvalue weighted by Gasteiger charge is -2.30. The van der Waals surface area contributed by atoms with Crippen LogP contribution in [0, 0.1) is 11.8 Å². The lowest BCUT2D eigenvalue weighted by molar-refractivity contribution is -0.152. The van der Waals surface area contributed by atoms with Crippen LogP contribution >= 0.6 is 0 Å². The van der Waals surface area contributed by atoms with E-state index >= 15 is 0 Å². The number of esters is 1. The first-order valence-corrected chi connectivity index (χ1v) is 12.4. The van der Waals surface area contributed by atoms with Crippen LogP contribution in [0.4, 0.5) is 5.69 Å². The number of imide groups is 1. The van der Waals surface area contributed by atoms with Crippen LogP contribution in [0.1, 0.15) is 24.1 Å². The third-order valence-corrected chi connectivity index (χ3v) is 8.15. The maximum Gasteiger partial charge on any atom is 0.310 e. The van der Waals surface area contributed by atoms with E-state index in [2.05, 4.69) is 0 Å². The molecule has 34 heavy (non-hydrogen) atoms. The molecule has 3 atom stereocenters. The summed E-state index contributed by atoms with van der Waals surface area (Å²) in [6.45, 7) is 1.76. The number of hydrogen-bond acceptors (Lipinski definition) is 6. The zero-order valence-corrected chi connectivity index (χ0v) is 19.1. The first-order chi connectivity index (χ1) is 16.4. The second kappa shape index (κ2) is 8.25. The number of rotatable bonds is 5. The van der Waals surface area contributed by atoms with Gasteiger partial charge < -0.3 is 4.74 Å². The summed E-state index contributed by atoms with van der Waals surface area (Å²) in [5, 5.41) is 0. The fourth-order valence-electron chi connectivity index (χ4n) is 4.95. The van der Waals surface area contributed by atoms with E-state index in [9.17, 15) is 22.8 Å². The van der Waals surface area contributed by atoms with E-state index in [0.717, 1.165) is 8.87 Å². The van der Waals surface area contributed by atoms with Crippen LogP contribution in [0.25, 0.3) is 0 Å². The molecule has 1 aliphatic heterocycles. The minimum Gasteiger partial charge on any atom is -0.466 e. The summed E-state index contributed by atoms with van der Waals surface area (Å²) in [6.07, 6.45) is 1.36. The third kappa shape index (κ3) is 3.27. The predicted octanol–water partition coefficient (Wildman–Crippen LogP) is 2.73. The molecule has 2 aromatic carbocycles. The summed E-state index contributed by atoms with van der Waals surface area (Å²) in [5.74, 6) is -4.51. The molecule has 3 unspecified atom stereocenters. The van der Waals surface area contributed by atoms with Crippen molar-refractivity contribution in [2.24, 2.45) is 11.8 Å². The topological polar surface area (TPSA) is 103 Å². The molecule has 1 fully saturated rings. The Kier molecular flexibility index (Phi) is 5.36. The van der Waals surface area contributed by atoms with E-state index in [0.29, 0.717) is 16.9 Å². The van der Waals surface area contributed by atoms with Crippen molar-refractivity contribution in [2.45, 2.75) is 24.2 Å². The third-order valence-electron chi connectivity index (χ3n) is 6.43. The van der Waals surface area contributed by atoms with Gasteiger partial charge in [-0.25, -0.2) is 17.3 Å². The van der Waals surface area contributed by atoms with Gasteiger partial charge in [0, 0.05) is 18.3 Å². The number of ether oxygens (including phenoxy) is 1. The van der Waals surface area contributed by atoms with Gasteiger partial charge in [0.25, 0.3) is 10.0 Å². The van der Waals surface area contributed by atoms with Gasteiger partial charge in [-0.1, -0.05) is 36.4 Å². The molecule has 1 saturated heterocycles. The van der Waals surface area contributed by atoms with Crippen molar-refractivity contribution < 1.29 is 27.5 Å². The van der Waals surface area contributed by atoms with Crippen LogP contribution in [-0.2, 0) is 35.6 Å². The van der Waals surface area contributed by atoms with Gasteiger partial charge in [-0.3, -0.25) is 14.4 Å². The largest absolute Gasteiger partial charge is 0.466 e. The van der Waals surface area contributed by atoms with Gasteiger partial charge in [-0.05, 0) is 42.8 Å². The van der Waals surface area contributed by atoms with Gasteiger partial charge in [0.2, 0.25) is 11.8 Å². The van der Waals surface area contributed by atoms with Crippen LogP contribution in [0.2, 0.25) is 0 Å². The second-order valence-electron chi connectivity index (χ2n) is 8.25. The van der Waals surface area contributed by atoms with Gasteiger partial charge in [0.1, 0.15) is 0 Å². The van der Waals surface area contributed by atoms with E-state index in [1.54, 1.807) is 61.5 Å². The van der Waals surface area contributed by atoms with E-state index in [1.165, 1.54) is 18.3 Å². The quantitative estimate of drug-likeness (QED) is 0.413. The van der Waals surface area contributed by atoms with E-state index in [1.807, 2.05) is 0 Å². The lowest BCUT2D eigenvalue weighted by atomic mass is 9.72. The molecule has 2 heterocycles. The molecule has 0 N–H and O–H groups in total. The van der Waals surface area contributed by atoms with Crippen LogP contribution in [0.5, 0.6) is 0 Å². The number of carbonyl (C=O) groups excluding carboxylic acids is 3. The Balaban J connectivity index is 1.66. The summed E-state index contributed by atoms with van der Waals surface area (Å²) in [6, 6.07) is 18.0. The first kappa shape index (κ1) is 22.1. The lowest BCUT2D eigenvalue weighted by Crippen LogP contribution is -2.39. The van der Waals surface area contributed by atoms with Gasteiger partial charge in [0.15, 0.2) is 0 Å². The molecule has 8 nitrogen and oxygen atoms in total. The Morgan fingerprint density at radius 3 is 2.26 bits per heavy atom. The van der Waals surface area contributed by atoms with Crippen molar-refractivity contribution in [2.75, 3.05) is 11.5 Å². The summed E-state index contributed by atoms with van der Waals surface area (Å²) >= 11 is 0. The SMILES string of the molecule is CCOC(=O)C1Cc2c(ccn2S(=O)(=O)c2ccccc2)C2C(=O)N(c3ccccc3)C(=O)C12. The fraction of sp³-hybridized carbons (Fsp3) is 0.240. The Morgan fingerprint density at radius 1 is 0.971 bits per heavy atom. The van der Waals surface area contributed by atoms with E-state index < -0.39 is 45.6 Å². The Labute approximate surface area is 196 Å². The number of nitrogens with zero attached hydrogens (tertiary/aromatic N) is 2. The molecule has 0 bridgehead atoms. The van der Waals surface area contributed by atoms with E-state index in [4.69, 9.17) is 4.74 Å². The Hall–Kier alpha value is -3.72. The van der Waals surface area contributed by atoms with Crippen molar-refractivity contribution in [1.29, 1.82) is 0 Å². The molecule has 0 saturated carbocycles. The number of carbonyl (C=O) groups is 3. The van der Waals surface area contributed by atoms with Crippen LogP contribution < -0.4 is 4.90 Å². The molecule has 174 valence electrons. The fourth-order valence-corrected chi connectivity index (χ4v) is 6.37. The smallest absolute Gasteiger partial charge is 0.310 e. The minimum atomic E-state index is -3.97. The number of anilines is 1. The highest BCUT2D eigenvalue weighted by Crippen LogP contribution is 2.48. The summed E-state index contributed by atoms with van der Waals surface area (Å²) in [7, 11) is -3.97. The number of para-hydroxylation sites is 1. The van der Waals surface area contributed by atoms with Crippen molar-refractivity contribution in [1.82, 2.24) is 3.97 Å². The van der Waals surface area contributed by atoms with Crippen LogP contribution in [0.3, 0.4) is 0 Å².